The lowest BCUT2D eigenvalue weighted by Gasteiger charge is -2.04. The van der Waals surface area contributed by atoms with E-state index in [9.17, 15) is 8.42 Å². The zero-order valence-electron chi connectivity index (χ0n) is 9.66. The summed E-state index contributed by atoms with van der Waals surface area (Å²) < 4.78 is 32.4. The molecule has 0 radical (unpaired) electrons. The molecule has 3 aromatic carbocycles. The van der Waals surface area contributed by atoms with Crippen LogP contribution in [0.25, 0.3) is 21.5 Å². The van der Waals surface area contributed by atoms with Gasteiger partial charge in [0.1, 0.15) is 0 Å². The van der Waals surface area contributed by atoms with Crippen LogP contribution in [-0.4, -0.2) is 8.42 Å². The molecule has 0 amide bonds. The minimum Gasteiger partial charge on any atom is -0.349 e. The molecule has 0 bridgehead atoms. The SMILES string of the molecule is O=S1(=O)Oc2ccc3cc4ccccc4cc3c2O1. The highest BCUT2D eigenvalue weighted by atomic mass is 32.3. The standard InChI is InChI=1S/C14H8O4S/c15-19(16)17-13-6-5-11-7-9-3-1-2-4-10(9)8-12(11)14(13)18-19/h1-8H. The molecule has 0 atom stereocenters. The maximum absolute atomic E-state index is 11.4. The maximum Gasteiger partial charge on any atom is 0.501 e. The Morgan fingerprint density at radius 3 is 2.32 bits per heavy atom. The van der Waals surface area contributed by atoms with Crippen molar-refractivity contribution in [2.24, 2.45) is 0 Å². The van der Waals surface area contributed by atoms with Gasteiger partial charge in [-0.25, -0.2) is 0 Å². The Balaban J connectivity index is 2.13. The second-order valence-corrected chi connectivity index (χ2v) is 5.54. The molecule has 1 heterocycles. The zero-order valence-corrected chi connectivity index (χ0v) is 10.5. The molecule has 0 aromatic heterocycles. The van der Waals surface area contributed by atoms with E-state index < -0.39 is 10.4 Å². The van der Waals surface area contributed by atoms with E-state index in [2.05, 4.69) is 0 Å². The van der Waals surface area contributed by atoms with E-state index in [-0.39, 0.29) is 11.5 Å². The first-order valence-corrected chi connectivity index (χ1v) is 7.05. The minimum atomic E-state index is -3.95. The molecule has 0 aliphatic carbocycles. The van der Waals surface area contributed by atoms with Gasteiger partial charge in [-0.15, -0.1) is 8.42 Å². The van der Waals surface area contributed by atoms with Crippen LogP contribution in [0.5, 0.6) is 11.5 Å². The molecular weight excluding hydrogens is 264 g/mol. The Labute approximate surface area is 109 Å². The van der Waals surface area contributed by atoms with Crippen LogP contribution >= 0.6 is 0 Å². The van der Waals surface area contributed by atoms with Gasteiger partial charge < -0.3 is 8.37 Å². The molecule has 19 heavy (non-hydrogen) atoms. The van der Waals surface area contributed by atoms with Gasteiger partial charge in [0, 0.05) is 5.39 Å². The third-order valence-corrected chi connectivity index (χ3v) is 3.93. The van der Waals surface area contributed by atoms with E-state index in [0.717, 1.165) is 21.5 Å². The summed E-state index contributed by atoms with van der Waals surface area (Å²) >= 11 is 0. The highest BCUT2D eigenvalue weighted by molar-refractivity contribution is 7.82. The Morgan fingerprint density at radius 2 is 1.53 bits per heavy atom. The van der Waals surface area contributed by atoms with E-state index in [1.54, 1.807) is 6.07 Å². The summed E-state index contributed by atoms with van der Waals surface area (Å²) in [6, 6.07) is 15.2. The van der Waals surface area contributed by atoms with Crippen molar-refractivity contribution in [2.75, 3.05) is 0 Å². The van der Waals surface area contributed by atoms with Gasteiger partial charge in [0.25, 0.3) is 0 Å². The third-order valence-electron chi connectivity index (χ3n) is 3.18. The van der Waals surface area contributed by atoms with Gasteiger partial charge in [0.15, 0.2) is 11.5 Å². The molecule has 4 nitrogen and oxygen atoms in total. The topological polar surface area (TPSA) is 52.6 Å². The molecule has 3 aromatic rings. The first-order valence-electron chi connectivity index (χ1n) is 5.72. The van der Waals surface area contributed by atoms with Gasteiger partial charge in [-0.3, -0.25) is 0 Å². The van der Waals surface area contributed by atoms with Gasteiger partial charge in [0.05, 0.1) is 0 Å². The molecule has 0 fully saturated rings. The lowest BCUT2D eigenvalue weighted by molar-refractivity contribution is 0.437. The van der Waals surface area contributed by atoms with E-state index in [1.807, 2.05) is 42.5 Å². The van der Waals surface area contributed by atoms with Crippen molar-refractivity contribution in [1.82, 2.24) is 0 Å². The Morgan fingerprint density at radius 1 is 0.789 bits per heavy atom. The molecule has 0 saturated carbocycles. The van der Waals surface area contributed by atoms with Crippen LogP contribution in [0.2, 0.25) is 0 Å². The van der Waals surface area contributed by atoms with Crippen molar-refractivity contribution in [3.63, 3.8) is 0 Å². The summed E-state index contributed by atoms with van der Waals surface area (Å²) in [5.41, 5.74) is 0. The van der Waals surface area contributed by atoms with Crippen molar-refractivity contribution < 1.29 is 16.8 Å². The molecule has 0 unspecified atom stereocenters. The molecule has 1 aliphatic heterocycles. The van der Waals surface area contributed by atoms with Gasteiger partial charge in [-0.05, 0) is 34.4 Å². The number of rotatable bonds is 0. The Hall–Kier alpha value is -2.27. The lowest BCUT2D eigenvalue weighted by Crippen LogP contribution is -2.08. The smallest absolute Gasteiger partial charge is 0.349 e. The average molecular weight is 272 g/mol. The van der Waals surface area contributed by atoms with E-state index in [1.165, 1.54) is 0 Å². The minimum absolute atomic E-state index is 0.239. The molecular formula is C14H8O4S. The van der Waals surface area contributed by atoms with Crippen molar-refractivity contribution in [3.05, 3.63) is 48.5 Å². The van der Waals surface area contributed by atoms with E-state index in [4.69, 9.17) is 8.37 Å². The second-order valence-electron chi connectivity index (χ2n) is 4.39. The molecule has 1 aliphatic rings. The molecule has 0 spiro atoms. The van der Waals surface area contributed by atoms with Gasteiger partial charge in [0.2, 0.25) is 0 Å². The number of hydrogen-bond donors (Lipinski definition) is 0. The van der Waals surface area contributed by atoms with Crippen LogP contribution in [0, 0.1) is 0 Å². The van der Waals surface area contributed by atoms with E-state index >= 15 is 0 Å². The Kier molecular flexibility index (Phi) is 1.90. The fourth-order valence-electron chi connectivity index (χ4n) is 2.35. The summed E-state index contributed by atoms with van der Waals surface area (Å²) in [7, 11) is -3.95. The van der Waals surface area contributed by atoms with Gasteiger partial charge in [-0.2, -0.15) is 0 Å². The zero-order chi connectivity index (χ0) is 13.0. The van der Waals surface area contributed by atoms with E-state index in [0.29, 0.717) is 0 Å². The highest BCUT2D eigenvalue weighted by Crippen LogP contribution is 2.42. The Bertz CT molecular complexity index is 929. The van der Waals surface area contributed by atoms with Gasteiger partial charge >= 0.3 is 10.4 Å². The number of fused-ring (bicyclic) bond motifs is 4. The maximum atomic E-state index is 11.4. The van der Waals surface area contributed by atoms with Crippen molar-refractivity contribution in [3.8, 4) is 11.5 Å². The summed E-state index contributed by atoms with van der Waals surface area (Å²) in [4.78, 5) is 0. The summed E-state index contributed by atoms with van der Waals surface area (Å²) in [5, 5.41) is 3.77. The predicted molar refractivity (Wildman–Crippen MR) is 71.6 cm³/mol. The second kappa shape index (κ2) is 3.39. The van der Waals surface area contributed by atoms with Crippen LogP contribution in [0.15, 0.2) is 48.5 Å². The third kappa shape index (κ3) is 1.55. The van der Waals surface area contributed by atoms with Crippen molar-refractivity contribution >= 4 is 31.9 Å². The summed E-state index contributed by atoms with van der Waals surface area (Å²) in [5.74, 6) is 0.506. The van der Waals surface area contributed by atoms with Crippen LogP contribution in [0.1, 0.15) is 0 Å². The normalized spacial score (nSPS) is 16.0. The number of benzene rings is 3. The number of hydrogen-bond acceptors (Lipinski definition) is 4. The fourth-order valence-corrected chi connectivity index (χ4v) is 3.11. The molecule has 94 valence electrons. The van der Waals surface area contributed by atoms with Crippen LogP contribution in [0.3, 0.4) is 0 Å². The monoisotopic (exact) mass is 272 g/mol. The molecule has 0 saturated heterocycles. The van der Waals surface area contributed by atoms with Crippen LogP contribution in [0.4, 0.5) is 0 Å². The van der Waals surface area contributed by atoms with Crippen LogP contribution in [-0.2, 0) is 10.4 Å². The summed E-state index contributed by atoms with van der Waals surface area (Å²) in [6.45, 7) is 0. The molecule has 5 heteroatoms. The summed E-state index contributed by atoms with van der Waals surface area (Å²) in [6.07, 6.45) is 0. The first-order chi connectivity index (χ1) is 9.12. The van der Waals surface area contributed by atoms with Gasteiger partial charge in [-0.1, -0.05) is 30.3 Å². The highest BCUT2D eigenvalue weighted by Gasteiger charge is 2.30. The van der Waals surface area contributed by atoms with Crippen LogP contribution < -0.4 is 8.37 Å². The lowest BCUT2D eigenvalue weighted by atomic mass is 10.0. The quantitative estimate of drug-likeness (QED) is 0.590. The molecule has 4 rings (SSSR count). The predicted octanol–water partition coefficient (Wildman–Crippen LogP) is 3.01. The van der Waals surface area contributed by atoms with Crippen molar-refractivity contribution in [1.29, 1.82) is 0 Å². The first kappa shape index (κ1) is 10.6. The fraction of sp³-hybridized carbons (Fsp3) is 0. The van der Waals surface area contributed by atoms with Crippen molar-refractivity contribution in [2.45, 2.75) is 0 Å². The molecule has 0 N–H and O–H groups in total. The largest absolute Gasteiger partial charge is 0.501 e. The average Bonchev–Trinajstić information content (AvgIpc) is 2.71.